The summed E-state index contributed by atoms with van der Waals surface area (Å²) < 4.78 is 38.3. The zero-order chi connectivity index (χ0) is 17.9. The average molecular weight is 395 g/mol. The zero-order valence-corrected chi connectivity index (χ0v) is 14.1. The summed E-state index contributed by atoms with van der Waals surface area (Å²) in [5, 5.41) is 2.75. The van der Waals surface area contributed by atoms with Crippen LogP contribution in [0, 0.1) is 0 Å². The van der Waals surface area contributed by atoms with Gasteiger partial charge in [0.1, 0.15) is 0 Å². The summed E-state index contributed by atoms with van der Waals surface area (Å²) in [6.45, 7) is 0. The molecule has 0 bridgehead atoms. The van der Waals surface area contributed by atoms with Crippen molar-refractivity contribution in [2.75, 3.05) is 5.32 Å². The van der Waals surface area contributed by atoms with Crippen molar-refractivity contribution in [3.63, 3.8) is 0 Å². The fourth-order valence-electron chi connectivity index (χ4n) is 1.80. The van der Waals surface area contributed by atoms with E-state index in [9.17, 15) is 18.0 Å². The molecular weight excluding hydrogens is 386 g/mol. The number of carbonyl (C=O) groups is 1. The lowest BCUT2D eigenvalue weighted by molar-refractivity contribution is -0.137. The number of rotatable bonds is 3. The lowest BCUT2D eigenvalue weighted by Gasteiger charge is -2.09. The van der Waals surface area contributed by atoms with Gasteiger partial charge in [-0.05, 0) is 42.0 Å². The van der Waals surface area contributed by atoms with Crippen LogP contribution in [0.5, 0.6) is 0 Å². The third-order valence-corrected chi connectivity index (χ3v) is 3.79. The van der Waals surface area contributed by atoms with E-state index in [-0.39, 0.29) is 10.6 Å². The highest BCUT2D eigenvalue weighted by atomic mass is 35.5. The summed E-state index contributed by atoms with van der Waals surface area (Å²) in [7, 11) is 0. The highest BCUT2D eigenvalue weighted by Gasteiger charge is 2.33. The molecule has 24 heavy (non-hydrogen) atoms. The molecule has 126 valence electrons. The SMILES string of the molecule is O=C(/C=C/c1ccc(Cl)c(C(F)(F)F)c1)Nc1ccc(Cl)cc1Cl. The minimum Gasteiger partial charge on any atom is -0.321 e. The van der Waals surface area contributed by atoms with E-state index in [4.69, 9.17) is 34.8 Å². The minimum atomic E-state index is -4.57. The number of nitrogens with one attached hydrogen (secondary N) is 1. The van der Waals surface area contributed by atoms with E-state index in [1.807, 2.05) is 0 Å². The number of anilines is 1. The summed E-state index contributed by atoms with van der Waals surface area (Å²) in [5.41, 5.74) is -0.445. The molecule has 0 aliphatic rings. The summed E-state index contributed by atoms with van der Waals surface area (Å²) in [4.78, 5) is 11.8. The number of hydrogen-bond donors (Lipinski definition) is 1. The number of hydrogen-bond acceptors (Lipinski definition) is 1. The molecule has 0 unspecified atom stereocenters. The first-order valence-electron chi connectivity index (χ1n) is 6.47. The van der Waals surface area contributed by atoms with Crippen LogP contribution in [-0.2, 0) is 11.0 Å². The van der Waals surface area contributed by atoms with Crippen molar-refractivity contribution in [1.29, 1.82) is 0 Å². The van der Waals surface area contributed by atoms with Gasteiger partial charge >= 0.3 is 6.18 Å². The smallest absolute Gasteiger partial charge is 0.321 e. The molecule has 0 atom stereocenters. The third-order valence-electron chi connectivity index (χ3n) is 2.91. The highest BCUT2D eigenvalue weighted by molar-refractivity contribution is 6.36. The second-order valence-electron chi connectivity index (χ2n) is 4.68. The topological polar surface area (TPSA) is 29.1 Å². The number of benzene rings is 2. The first kappa shape index (κ1) is 18.6. The fourth-order valence-corrected chi connectivity index (χ4v) is 2.48. The summed E-state index contributed by atoms with van der Waals surface area (Å²) in [6.07, 6.45) is -2.24. The van der Waals surface area contributed by atoms with Gasteiger partial charge in [0.2, 0.25) is 5.91 Å². The Bertz CT molecular complexity index is 804. The fraction of sp³-hybridized carbons (Fsp3) is 0.0625. The number of carbonyl (C=O) groups excluding carboxylic acids is 1. The zero-order valence-electron chi connectivity index (χ0n) is 11.8. The predicted molar refractivity (Wildman–Crippen MR) is 90.6 cm³/mol. The lowest BCUT2D eigenvalue weighted by Crippen LogP contribution is -2.08. The van der Waals surface area contributed by atoms with Crippen molar-refractivity contribution in [3.05, 3.63) is 68.7 Å². The van der Waals surface area contributed by atoms with Crippen LogP contribution in [-0.4, -0.2) is 5.91 Å². The van der Waals surface area contributed by atoms with Gasteiger partial charge < -0.3 is 5.32 Å². The van der Waals surface area contributed by atoms with E-state index in [0.717, 1.165) is 18.2 Å². The molecule has 0 saturated heterocycles. The maximum absolute atomic E-state index is 12.8. The van der Waals surface area contributed by atoms with Crippen LogP contribution < -0.4 is 5.32 Å². The van der Waals surface area contributed by atoms with Crippen molar-refractivity contribution < 1.29 is 18.0 Å². The van der Waals surface area contributed by atoms with E-state index in [1.54, 1.807) is 6.07 Å². The van der Waals surface area contributed by atoms with Crippen LogP contribution in [0.3, 0.4) is 0 Å². The Balaban J connectivity index is 2.14. The van der Waals surface area contributed by atoms with E-state index in [2.05, 4.69) is 5.32 Å². The predicted octanol–water partition coefficient (Wildman–Crippen LogP) is 6.32. The molecule has 2 rings (SSSR count). The Labute approximate surface area is 150 Å². The van der Waals surface area contributed by atoms with Gasteiger partial charge in [-0.15, -0.1) is 0 Å². The molecule has 0 aromatic heterocycles. The van der Waals surface area contributed by atoms with E-state index >= 15 is 0 Å². The van der Waals surface area contributed by atoms with Gasteiger partial charge in [-0.25, -0.2) is 0 Å². The van der Waals surface area contributed by atoms with Crippen LogP contribution in [0.2, 0.25) is 15.1 Å². The van der Waals surface area contributed by atoms with Gasteiger partial charge in [-0.2, -0.15) is 13.2 Å². The van der Waals surface area contributed by atoms with Crippen LogP contribution in [0.1, 0.15) is 11.1 Å². The molecule has 1 amide bonds. The normalized spacial score (nSPS) is 11.8. The van der Waals surface area contributed by atoms with Crippen molar-refractivity contribution in [3.8, 4) is 0 Å². The Kier molecular flexibility index (Phi) is 5.80. The molecular formula is C16H9Cl3F3NO. The van der Waals surface area contributed by atoms with E-state index in [1.165, 1.54) is 24.3 Å². The molecule has 0 saturated carbocycles. The number of halogens is 6. The van der Waals surface area contributed by atoms with Gasteiger partial charge in [0, 0.05) is 11.1 Å². The quantitative estimate of drug-likeness (QED) is 0.607. The van der Waals surface area contributed by atoms with Gasteiger partial charge in [0.15, 0.2) is 0 Å². The Hall–Kier alpha value is -1.69. The lowest BCUT2D eigenvalue weighted by atomic mass is 10.1. The molecule has 0 fully saturated rings. The molecule has 0 spiro atoms. The number of amides is 1. The van der Waals surface area contributed by atoms with Gasteiger partial charge in [-0.3, -0.25) is 4.79 Å². The largest absolute Gasteiger partial charge is 0.417 e. The molecule has 2 aromatic carbocycles. The molecule has 1 N–H and O–H groups in total. The molecule has 2 nitrogen and oxygen atoms in total. The second kappa shape index (κ2) is 7.47. The van der Waals surface area contributed by atoms with Crippen molar-refractivity contribution >= 4 is 52.5 Å². The standard InChI is InChI=1S/C16H9Cl3F3NO/c17-10-3-5-14(13(19)8-10)23-15(24)6-2-9-1-4-12(18)11(7-9)16(20,21)22/h1-8H,(H,23,24)/b6-2+. The average Bonchev–Trinajstić information content (AvgIpc) is 2.48. The molecule has 0 aliphatic heterocycles. The Morgan fingerprint density at radius 2 is 1.71 bits per heavy atom. The van der Waals surface area contributed by atoms with Gasteiger partial charge in [0.05, 0.1) is 21.3 Å². The van der Waals surface area contributed by atoms with E-state index < -0.39 is 22.7 Å². The van der Waals surface area contributed by atoms with Crippen molar-refractivity contribution in [1.82, 2.24) is 0 Å². The van der Waals surface area contributed by atoms with E-state index in [0.29, 0.717) is 10.7 Å². The van der Waals surface area contributed by atoms with Gasteiger partial charge in [0.25, 0.3) is 0 Å². The summed E-state index contributed by atoms with van der Waals surface area (Å²) in [5.74, 6) is -0.553. The highest BCUT2D eigenvalue weighted by Crippen LogP contribution is 2.35. The first-order chi connectivity index (χ1) is 11.2. The molecule has 0 heterocycles. The monoisotopic (exact) mass is 393 g/mol. The van der Waals surface area contributed by atoms with Crippen molar-refractivity contribution in [2.45, 2.75) is 6.18 Å². The van der Waals surface area contributed by atoms with Crippen LogP contribution >= 0.6 is 34.8 Å². The Morgan fingerprint density at radius 1 is 1.00 bits per heavy atom. The third kappa shape index (κ3) is 4.90. The molecule has 0 radical (unpaired) electrons. The minimum absolute atomic E-state index is 0.184. The Morgan fingerprint density at radius 3 is 2.33 bits per heavy atom. The molecule has 8 heteroatoms. The maximum atomic E-state index is 12.8. The molecule has 0 aliphatic carbocycles. The van der Waals surface area contributed by atoms with Gasteiger partial charge in [-0.1, -0.05) is 40.9 Å². The first-order valence-corrected chi connectivity index (χ1v) is 7.61. The van der Waals surface area contributed by atoms with Crippen LogP contribution in [0.15, 0.2) is 42.5 Å². The van der Waals surface area contributed by atoms with Crippen LogP contribution in [0.25, 0.3) is 6.08 Å². The number of alkyl halides is 3. The summed E-state index contributed by atoms with van der Waals surface area (Å²) in [6, 6.07) is 7.87. The van der Waals surface area contributed by atoms with Crippen molar-refractivity contribution in [2.24, 2.45) is 0 Å². The molecule has 2 aromatic rings. The summed E-state index contributed by atoms with van der Waals surface area (Å²) >= 11 is 17.2. The van der Waals surface area contributed by atoms with Crippen LogP contribution in [0.4, 0.5) is 18.9 Å². The maximum Gasteiger partial charge on any atom is 0.417 e. The second-order valence-corrected chi connectivity index (χ2v) is 5.93.